The predicted octanol–water partition coefficient (Wildman–Crippen LogP) is 2.91. The van der Waals surface area contributed by atoms with Crippen molar-refractivity contribution >= 4 is 18.0 Å². The summed E-state index contributed by atoms with van der Waals surface area (Å²) in [7, 11) is 0. The van der Waals surface area contributed by atoms with Crippen LogP contribution in [-0.4, -0.2) is 55.0 Å². The Labute approximate surface area is 192 Å². The van der Waals surface area contributed by atoms with E-state index < -0.39 is 24.0 Å². The molecule has 0 radical (unpaired) electrons. The highest BCUT2D eigenvalue weighted by Gasteiger charge is 2.31. The Hall–Kier alpha value is -3.39. The molecule has 3 N–H and O–H groups in total. The van der Waals surface area contributed by atoms with Crippen molar-refractivity contribution in [2.45, 2.75) is 37.8 Å². The molecule has 8 nitrogen and oxygen atoms in total. The number of carbonyl (C=O) groups excluding carboxylic acids is 2. The summed E-state index contributed by atoms with van der Waals surface area (Å²) in [4.78, 5) is 35.5. The Kier molecular flexibility index (Phi) is 6.93. The molecule has 0 aromatic heterocycles. The molecule has 33 heavy (non-hydrogen) atoms. The molecule has 4 rings (SSSR count). The first-order chi connectivity index (χ1) is 15.9. The van der Waals surface area contributed by atoms with Crippen LogP contribution in [0.4, 0.5) is 4.79 Å². The zero-order chi connectivity index (χ0) is 23.4. The predicted molar refractivity (Wildman–Crippen MR) is 121 cm³/mol. The van der Waals surface area contributed by atoms with E-state index in [9.17, 15) is 14.4 Å². The lowest BCUT2D eigenvalue weighted by molar-refractivity contribution is -0.141. The number of carbonyl (C=O) groups is 3. The van der Waals surface area contributed by atoms with Crippen LogP contribution in [0, 0.1) is 5.92 Å². The minimum Gasteiger partial charge on any atom is -0.481 e. The largest absolute Gasteiger partial charge is 0.481 e. The van der Waals surface area contributed by atoms with Gasteiger partial charge in [-0.3, -0.25) is 9.59 Å². The van der Waals surface area contributed by atoms with Crippen LogP contribution in [0.1, 0.15) is 36.8 Å². The van der Waals surface area contributed by atoms with Gasteiger partial charge in [0.05, 0.1) is 18.6 Å². The fourth-order valence-electron chi connectivity index (χ4n) is 4.49. The third kappa shape index (κ3) is 5.34. The molecule has 3 unspecified atom stereocenters. The Morgan fingerprint density at radius 2 is 1.73 bits per heavy atom. The lowest BCUT2D eigenvalue weighted by atomic mass is 9.98. The van der Waals surface area contributed by atoms with E-state index in [0.29, 0.717) is 6.42 Å². The maximum absolute atomic E-state index is 12.3. The number of ether oxygens (including phenoxy) is 2. The second kappa shape index (κ2) is 10.0. The van der Waals surface area contributed by atoms with Crippen LogP contribution in [0.3, 0.4) is 0 Å². The fourth-order valence-corrected chi connectivity index (χ4v) is 4.49. The van der Waals surface area contributed by atoms with Crippen LogP contribution >= 0.6 is 0 Å². The minimum atomic E-state index is -0.884. The monoisotopic (exact) mass is 452 g/mol. The zero-order valence-electron chi connectivity index (χ0n) is 18.5. The van der Waals surface area contributed by atoms with Gasteiger partial charge in [-0.05, 0) is 35.6 Å². The summed E-state index contributed by atoms with van der Waals surface area (Å²) in [6.07, 6.45) is -0.413. The summed E-state index contributed by atoms with van der Waals surface area (Å²) in [5.74, 6) is -1.68. The average Bonchev–Trinajstić information content (AvgIpc) is 3.39. The molecule has 1 aliphatic carbocycles. The van der Waals surface area contributed by atoms with Gasteiger partial charge in [-0.2, -0.15) is 0 Å². The van der Waals surface area contributed by atoms with Crippen LogP contribution in [0.25, 0.3) is 11.1 Å². The van der Waals surface area contributed by atoms with Gasteiger partial charge in [0.1, 0.15) is 6.61 Å². The molecule has 1 fully saturated rings. The molecule has 8 heteroatoms. The minimum absolute atomic E-state index is 0.0252. The first kappa shape index (κ1) is 22.8. The Morgan fingerprint density at radius 1 is 1.09 bits per heavy atom. The fraction of sp³-hybridized carbons (Fsp3) is 0.400. The van der Waals surface area contributed by atoms with Crippen molar-refractivity contribution in [1.29, 1.82) is 0 Å². The van der Waals surface area contributed by atoms with Gasteiger partial charge in [0, 0.05) is 24.9 Å². The number of benzene rings is 2. The van der Waals surface area contributed by atoms with E-state index in [2.05, 4.69) is 34.9 Å². The highest BCUT2D eigenvalue weighted by atomic mass is 16.5. The molecule has 174 valence electrons. The molecule has 1 heterocycles. The van der Waals surface area contributed by atoms with E-state index in [4.69, 9.17) is 14.6 Å². The number of nitrogens with one attached hydrogen (secondary N) is 2. The van der Waals surface area contributed by atoms with Crippen LogP contribution in [0.15, 0.2) is 48.5 Å². The van der Waals surface area contributed by atoms with Gasteiger partial charge >= 0.3 is 12.1 Å². The lowest BCUT2D eigenvalue weighted by Gasteiger charge is -2.17. The van der Waals surface area contributed by atoms with E-state index >= 15 is 0 Å². The average molecular weight is 453 g/mol. The van der Waals surface area contributed by atoms with E-state index in [1.807, 2.05) is 24.3 Å². The van der Waals surface area contributed by atoms with E-state index in [0.717, 1.165) is 22.3 Å². The molecule has 1 saturated heterocycles. The molecule has 2 amide bonds. The molecule has 3 atom stereocenters. The number of fused-ring (bicyclic) bond motifs is 3. The number of rotatable bonds is 8. The van der Waals surface area contributed by atoms with E-state index in [1.165, 1.54) is 0 Å². The number of hydrogen-bond acceptors (Lipinski definition) is 5. The maximum atomic E-state index is 12.3. The molecule has 0 bridgehead atoms. The molecule has 0 spiro atoms. The van der Waals surface area contributed by atoms with Gasteiger partial charge in [-0.25, -0.2) is 4.79 Å². The van der Waals surface area contributed by atoms with Gasteiger partial charge in [0.15, 0.2) is 0 Å². The number of aliphatic carboxylic acids is 1. The summed E-state index contributed by atoms with van der Waals surface area (Å²) < 4.78 is 10.9. The molecule has 2 aromatic rings. The second-order valence-electron chi connectivity index (χ2n) is 8.61. The molecular weight excluding hydrogens is 424 g/mol. The topological polar surface area (TPSA) is 114 Å². The van der Waals surface area contributed by atoms with E-state index in [1.54, 1.807) is 6.92 Å². The van der Waals surface area contributed by atoms with Gasteiger partial charge < -0.3 is 25.2 Å². The van der Waals surface area contributed by atoms with Crippen LogP contribution < -0.4 is 10.6 Å². The Balaban J connectivity index is 1.22. The summed E-state index contributed by atoms with van der Waals surface area (Å²) >= 11 is 0. The Bertz CT molecular complexity index is 994. The van der Waals surface area contributed by atoms with Gasteiger partial charge in [-0.1, -0.05) is 48.5 Å². The number of hydrogen-bond donors (Lipinski definition) is 3. The summed E-state index contributed by atoms with van der Waals surface area (Å²) in [5, 5.41) is 14.4. The standard InChI is InChI=1S/C25H28N2O6/c1-15(10-23(28)26-12-17-11-16(13-32-17)24(29)30)27-25(31)33-14-22-20-8-4-2-6-18(20)19-7-3-5-9-21(19)22/h2-9,15-17,22H,10-14H2,1H3,(H,26,28)(H,27,31)(H,29,30). The summed E-state index contributed by atoms with van der Waals surface area (Å²) in [6, 6.07) is 15.8. The van der Waals surface area contributed by atoms with Gasteiger partial charge in [-0.15, -0.1) is 0 Å². The second-order valence-corrected chi connectivity index (χ2v) is 8.61. The normalized spacial score (nSPS) is 19.9. The van der Waals surface area contributed by atoms with Crippen molar-refractivity contribution in [2.24, 2.45) is 5.92 Å². The molecular formula is C25H28N2O6. The van der Waals surface area contributed by atoms with Crippen LogP contribution in [0.2, 0.25) is 0 Å². The van der Waals surface area contributed by atoms with Crippen molar-refractivity contribution in [3.05, 3.63) is 59.7 Å². The first-order valence-electron chi connectivity index (χ1n) is 11.1. The number of carboxylic acids is 1. The summed E-state index contributed by atoms with van der Waals surface area (Å²) in [5.41, 5.74) is 4.59. The van der Waals surface area contributed by atoms with Crippen LogP contribution in [-0.2, 0) is 19.1 Å². The molecule has 1 aliphatic heterocycles. The molecule has 2 aromatic carbocycles. The van der Waals surface area contributed by atoms with Crippen molar-refractivity contribution in [1.82, 2.24) is 10.6 Å². The number of carboxylic acid groups (broad SMARTS) is 1. The quantitative estimate of drug-likeness (QED) is 0.568. The Morgan fingerprint density at radius 3 is 2.33 bits per heavy atom. The highest BCUT2D eigenvalue weighted by Crippen LogP contribution is 2.44. The van der Waals surface area contributed by atoms with Gasteiger partial charge in [0.2, 0.25) is 5.91 Å². The number of amides is 2. The van der Waals surface area contributed by atoms with Crippen molar-refractivity contribution in [3.63, 3.8) is 0 Å². The highest BCUT2D eigenvalue weighted by molar-refractivity contribution is 5.79. The zero-order valence-corrected chi connectivity index (χ0v) is 18.5. The van der Waals surface area contributed by atoms with Gasteiger partial charge in [0.25, 0.3) is 0 Å². The van der Waals surface area contributed by atoms with Crippen molar-refractivity contribution in [2.75, 3.05) is 19.8 Å². The van der Waals surface area contributed by atoms with E-state index in [-0.39, 0.29) is 44.1 Å². The van der Waals surface area contributed by atoms with Crippen molar-refractivity contribution < 1.29 is 29.0 Å². The van der Waals surface area contributed by atoms with Crippen LogP contribution in [0.5, 0.6) is 0 Å². The smallest absolute Gasteiger partial charge is 0.407 e. The van der Waals surface area contributed by atoms with Crippen molar-refractivity contribution in [3.8, 4) is 11.1 Å². The first-order valence-corrected chi connectivity index (χ1v) is 11.1. The third-order valence-corrected chi connectivity index (χ3v) is 6.16. The summed E-state index contributed by atoms with van der Waals surface area (Å²) in [6.45, 7) is 2.35. The number of alkyl carbamates (subject to hydrolysis) is 1. The molecule has 0 saturated carbocycles. The maximum Gasteiger partial charge on any atom is 0.407 e. The third-order valence-electron chi connectivity index (χ3n) is 6.16. The molecule has 2 aliphatic rings. The SMILES string of the molecule is CC(CC(=O)NCC1CC(C(=O)O)CO1)NC(=O)OCC1c2ccccc2-c2ccccc21. The lowest BCUT2D eigenvalue weighted by Crippen LogP contribution is -2.39.